The molecule has 0 spiro atoms. The van der Waals surface area contributed by atoms with E-state index in [1.54, 1.807) is 12.1 Å². The van der Waals surface area contributed by atoms with Crippen molar-refractivity contribution in [3.63, 3.8) is 0 Å². The maximum absolute atomic E-state index is 12.1. The molecule has 1 unspecified atom stereocenters. The maximum atomic E-state index is 12.1. The Morgan fingerprint density at radius 3 is 2.82 bits per heavy atom. The summed E-state index contributed by atoms with van der Waals surface area (Å²) < 4.78 is 0. The molecule has 1 saturated heterocycles. The molecule has 1 aromatic carbocycles. The first-order valence-corrected chi connectivity index (χ1v) is 6.41. The second-order valence-electron chi connectivity index (χ2n) is 4.33. The molecule has 1 aliphatic heterocycles. The molecule has 0 bridgehead atoms. The third kappa shape index (κ3) is 2.91. The maximum Gasteiger partial charge on any atom is 0.322 e. The van der Waals surface area contributed by atoms with Crippen LogP contribution >= 0.6 is 11.6 Å². The number of amides is 2. The van der Waals surface area contributed by atoms with E-state index in [1.165, 1.54) is 0 Å². The number of hydrogen-bond acceptors (Lipinski definition) is 1. The molecule has 1 fully saturated rings. The Kier molecular flexibility index (Phi) is 3.89. The summed E-state index contributed by atoms with van der Waals surface area (Å²) >= 11 is 5.80. The number of anilines is 1. The van der Waals surface area contributed by atoms with Gasteiger partial charge in [-0.05, 0) is 43.5 Å². The van der Waals surface area contributed by atoms with Gasteiger partial charge in [-0.2, -0.15) is 0 Å². The van der Waals surface area contributed by atoms with Crippen molar-refractivity contribution in [2.75, 3.05) is 11.9 Å². The summed E-state index contributed by atoms with van der Waals surface area (Å²) in [6.45, 7) is 2.98. The summed E-state index contributed by atoms with van der Waals surface area (Å²) in [6, 6.07) is 7.57. The number of carbonyl (C=O) groups is 1. The molecule has 2 rings (SSSR count). The predicted molar refractivity (Wildman–Crippen MR) is 70.5 cm³/mol. The fraction of sp³-hybridized carbons (Fsp3) is 0.462. The van der Waals surface area contributed by atoms with Crippen LogP contribution in [-0.4, -0.2) is 23.5 Å². The second kappa shape index (κ2) is 5.41. The number of halogens is 1. The molecule has 0 aliphatic carbocycles. The molecule has 3 nitrogen and oxygen atoms in total. The SMILES string of the molecule is CCC1CCCN1C(=O)Nc1ccc(Cl)cc1. The van der Waals surface area contributed by atoms with E-state index in [2.05, 4.69) is 12.2 Å². The summed E-state index contributed by atoms with van der Waals surface area (Å²) in [5, 5.41) is 3.58. The van der Waals surface area contributed by atoms with Crippen LogP contribution in [0.25, 0.3) is 0 Å². The molecule has 4 heteroatoms. The first-order valence-electron chi connectivity index (χ1n) is 6.04. The van der Waals surface area contributed by atoms with E-state index in [4.69, 9.17) is 11.6 Å². The molecule has 1 aromatic rings. The van der Waals surface area contributed by atoms with E-state index < -0.39 is 0 Å². The van der Waals surface area contributed by atoms with Gasteiger partial charge in [-0.3, -0.25) is 0 Å². The van der Waals surface area contributed by atoms with Crippen LogP contribution in [0.15, 0.2) is 24.3 Å². The van der Waals surface area contributed by atoms with Crippen LogP contribution < -0.4 is 5.32 Å². The topological polar surface area (TPSA) is 32.3 Å². The van der Waals surface area contributed by atoms with Crippen molar-refractivity contribution in [2.45, 2.75) is 32.2 Å². The molecule has 1 N–H and O–H groups in total. The Hall–Kier alpha value is -1.22. The van der Waals surface area contributed by atoms with Crippen molar-refractivity contribution in [3.05, 3.63) is 29.3 Å². The summed E-state index contributed by atoms with van der Waals surface area (Å²) in [6.07, 6.45) is 3.24. The van der Waals surface area contributed by atoms with Gasteiger partial charge in [-0.1, -0.05) is 18.5 Å². The van der Waals surface area contributed by atoms with Gasteiger partial charge in [0.2, 0.25) is 0 Å². The molecule has 17 heavy (non-hydrogen) atoms. The van der Waals surface area contributed by atoms with Crippen molar-refractivity contribution in [3.8, 4) is 0 Å². The van der Waals surface area contributed by atoms with Gasteiger partial charge in [0.15, 0.2) is 0 Å². The van der Waals surface area contributed by atoms with Gasteiger partial charge in [-0.25, -0.2) is 4.79 Å². The van der Waals surface area contributed by atoms with E-state index in [9.17, 15) is 4.79 Å². The van der Waals surface area contributed by atoms with Crippen LogP contribution in [0.2, 0.25) is 5.02 Å². The second-order valence-corrected chi connectivity index (χ2v) is 4.77. The monoisotopic (exact) mass is 252 g/mol. The van der Waals surface area contributed by atoms with Crippen molar-refractivity contribution in [1.82, 2.24) is 4.90 Å². The minimum atomic E-state index is -0.00308. The largest absolute Gasteiger partial charge is 0.322 e. The molecular weight excluding hydrogens is 236 g/mol. The van der Waals surface area contributed by atoms with Gasteiger partial charge in [-0.15, -0.1) is 0 Å². The number of likely N-dealkylation sites (tertiary alicyclic amines) is 1. The lowest BCUT2D eigenvalue weighted by atomic mass is 10.2. The number of hydrogen-bond donors (Lipinski definition) is 1. The number of nitrogens with one attached hydrogen (secondary N) is 1. The third-order valence-electron chi connectivity index (χ3n) is 3.20. The van der Waals surface area contributed by atoms with Crippen LogP contribution in [0.5, 0.6) is 0 Å². The van der Waals surface area contributed by atoms with Crippen LogP contribution in [0.4, 0.5) is 10.5 Å². The average Bonchev–Trinajstić information content (AvgIpc) is 2.80. The molecule has 0 radical (unpaired) electrons. The van der Waals surface area contributed by atoms with E-state index >= 15 is 0 Å². The third-order valence-corrected chi connectivity index (χ3v) is 3.46. The Morgan fingerprint density at radius 1 is 1.47 bits per heavy atom. The van der Waals surface area contributed by atoms with E-state index in [0.29, 0.717) is 11.1 Å². The zero-order valence-electron chi connectivity index (χ0n) is 9.95. The highest BCUT2D eigenvalue weighted by Crippen LogP contribution is 2.21. The van der Waals surface area contributed by atoms with Crippen molar-refractivity contribution in [1.29, 1.82) is 0 Å². The van der Waals surface area contributed by atoms with Crippen molar-refractivity contribution in [2.24, 2.45) is 0 Å². The smallest absolute Gasteiger partial charge is 0.322 e. The Labute approximate surface area is 107 Å². The lowest BCUT2D eigenvalue weighted by molar-refractivity contribution is 0.205. The zero-order valence-corrected chi connectivity index (χ0v) is 10.7. The summed E-state index contributed by atoms with van der Waals surface area (Å²) in [5.41, 5.74) is 0.793. The molecule has 2 amide bonds. The first kappa shape index (κ1) is 12.2. The molecule has 1 atom stereocenters. The molecular formula is C13H17ClN2O. The van der Waals surface area contributed by atoms with E-state index in [-0.39, 0.29) is 6.03 Å². The van der Waals surface area contributed by atoms with Crippen LogP contribution in [0, 0.1) is 0 Å². The number of urea groups is 1. The van der Waals surface area contributed by atoms with E-state index in [0.717, 1.165) is 31.5 Å². The Morgan fingerprint density at radius 2 is 2.18 bits per heavy atom. The average molecular weight is 253 g/mol. The number of rotatable bonds is 2. The fourth-order valence-electron chi connectivity index (χ4n) is 2.26. The molecule has 0 saturated carbocycles. The fourth-order valence-corrected chi connectivity index (χ4v) is 2.38. The standard InChI is InChI=1S/C13H17ClN2O/c1-2-12-4-3-9-16(12)13(17)15-11-7-5-10(14)6-8-11/h5-8,12H,2-4,9H2,1H3,(H,15,17). The lowest BCUT2D eigenvalue weighted by Gasteiger charge is -2.23. The molecule has 1 aliphatic rings. The van der Waals surface area contributed by atoms with Gasteiger partial charge in [0, 0.05) is 23.3 Å². The van der Waals surface area contributed by atoms with Crippen molar-refractivity contribution >= 4 is 23.3 Å². The minimum absolute atomic E-state index is 0.00308. The van der Waals surface area contributed by atoms with Crippen LogP contribution in [0.3, 0.4) is 0 Å². The molecule has 1 heterocycles. The Balaban J connectivity index is 1.99. The number of carbonyl (C=O) groups excluding carboxylic acids is 1. The molecule has 92 valence electrons. The highest BCUT2D eigenvalue weighted by Gasteiger charge is 2.27. The first-order chi connectivity index (χ1) is 8.20. The van der Waals surface area contributed by atoms with Crippen LogP contribution in [-0.2, 0) is 0 Å². The quantitative estimate of drug-likeness (QED) is 0.854. The van der Waals surface area contributed by atoms with Crippen LogP contribution in [0.1, 0.15) is 26.2 Å². The van der Waals surface area contributed by atoms with Gasteiger partial charge < -0.3 is 10.2 Å². The normalized spacial score (nSPS) is 19.4. The van der Waals surface area contributed by atoms with Gasteiger partial charge in [0.25, 0.3) is 0 Å². The number of benzene rings is 1. The summed E-state index contributed by atoms with van der Waals surface area (Å²) in [7, 11) is 0. The Bertz CT molecular complexity index is 391. The van der Waals surface area contributed by atoms with E-state index in [1.807, 2.05) is 17.0 Å². The summed E-state index contributed by atoms with van der Waals surface area (Å²) in [5.74, 6) is 0. The number of nitrogens with zero attached hydrogens (tertiary/aromatic N) is 1. The zero-order chi connectivity index (χ0) is 12.3. The lowest BCUT2D eigenvalue weighted by Crippen LogP contribution is -2.38. The van der Waals surface area contributed by atoms with Crippen molar-refractivity contribution < 1.29 is 4.79 Å². The molecule has 0 aromatic heterocycles. The predicted octanol–water partition coefficient (Wildman–Crippen LogP) is 3.75. The van der Waals surface area contributed by atoms with Gasteiger partial charge in [0.05, 0.1) is 0 Å². The summed E-state index contributed by atoms with van der Waals surface area (Å²) in [4.78, 5) is 14.0. The highest BCUT2D eigenvalue weighted by atomic mass is 35.5. The van der Waals surface area contributed by atoms with Gasteiger partial charge in [0.1, 0.15) is 0 Å². The minimum Gasteiger partial charge on any atom is -0.322 e. The van der Waals surface area contributed by atoms with Gasteiger partial charge >= 0.3 is 6.03 Å². The highest BCUT2D eigenvalue weighted by molar-refractivity contribution is 6.30.